The molecule has 1 atom stereocenters. The van der Waals surface area contributed by atoms with Gasteiger partial charge in [0.15, 0.2) is 5.75 Å². The van der Waals surface area contributed by atoms with Crippen LogP contribution in [0.4, 0.5) is 13.2 Å². The number of piperidine rings is 1. The van der Waals surface area contributed by atoms with Gasteiger partial charge in [-0.05, 0) is 5.92 Å². The molecule has 2 N–H and O–H groups in total. The van der Waals surface area contributed by atoms with Gasteiger partial charge in [-0.15, -0.1) is 12.4 Å². The van der Waals surface area contributed by atoms with Gasteiger partial charge in [0.05, 0.1) is 18.4 Å². The molecule has 2 rings (SSSR count). The van der Waals surface area contributed by atoms with Crippen LogP contribution < -0.4 is 10.5 Å². The van der Waals surface area contributed by atoms with E-state index in [2.05, 4.69) is 9.97 Å². The van der Waals surface area contributed by atoms with Gasteiger partial charge in [0.25, 0.3) is 0 Å². The molecule has 142 valence electrons. The molecular weight excluding hydrogens is 361 g/mol. The van der Waals surface area contributed by atoms with Crippen LogP contribution in [0.1, 0.15) is 32.5 Å². The van der Waals surface area contributed by atoms with E-state index in [-0.39, 0.29) is 36.1 Å². The van der Waals surface area contributed by atoms with Crippen molar-refractivity contribution >= 4 is 18.3 Å². The lowest BCUT2D eigenvalue weighted by molar-refractivity contribution is -0.145. The maximum absolute atomic E-state index is 12.4. The SMILES string of the molecule is CC(C)[C@H](N)C(=O)N1CCC(Oc2cnc(C(F)(F)F)nc2)CC1.Cl. The van der Waals surface area contributed by atoms with Gasteiger partial charge < -0.3 is 15.4 Å². The number of halogens is 4. The van der Waals surface area contributed by atoms with Crippen molar-refractivity contribution in [3.63, 3.8) is 0 Å². The predicted octanol–water partition coefficient (Wildman–Crippen LogP) is 2.27. The van der Waals surface area contributed by atoms with E-state index in [1.54, 1.807) is 4.90 Å². The van der Waals surface area contributed by atoms with Crippen molar-refractivity contribution in [2.24, 2.45) is 11.7 Å². The highest BCUT2D eigenvalue weighted by atomic mass is 35.5. The molecule has 0 spiro atoms. The average molecular weight is 383 g/mol. The Morgan fingerprint density at radius 1 is 1.28 bits per heavy atom. The van der Waals surface area contributed by atoms with Gasteiger partial charge >= 0.3 is 6.18 Å². The summed E-state index contributed by atoms with van der Waals surface area (Å²) in [6.07, 6.45) is -1.57. The molecule has 6 nitrogen and oxygen atoms in total. The molecule has 1 aliphatic heterocycles. The van der Waals surface area contributed by atoms with Crippen molar-refractivity contribution in [3.05, 3.63) is 18.2 Å². The first-order valence-electron chi connectivity index (χ1n) is 7.78. The topological polar surface area (TPSA) is 81.3 Å². The van der Waals surface area contributed by atoms with E-state index in [1.807, 2.05) is 13.8 Å². The number of rotatable bonds is 4. The van der Waals surface area contributed by atoms with E-state index >= 15 is 0 Å². The molecule has 0 aliphatic carbocycles. The summed E-state index contributed by atoms with van der Waals surface area (Å²) in [6, 6.07) is -0.522. The molecule has 10 heteroatoms. The Kier molecular flexibility index (Phi) is 7.43. The Morgan fingerprint density at radius 3 is 2.24 bits per heavy atom. The first-order valence-corrected chi connectivity index (χ1v) is 7.78. The Balaban J connectivity index is 0.00000312. The fraction of sp³-hybridized carbons (Fsp3) is 0.667. The lowest BCUT2D eigenvalue weighted by Gasteiger charge is -2.34. The zero-order valence-corrected chi connectivity index (χ0v) is 14.8. The number of amides is 1. The van der Waals surface area contributed by atoms with Crippen molar-refractivity contribution < 1.29 is 22.7 Å². The predicted molar refractivity (Wildman–Crippen MR) is 87.3 cm³/mol. The number of ether oxygens (including phenoxy) is 1. The normalized spacial score (nSPS) is 17.2. The minimum Gasteiger partial charge on any atom is -0.487 e. The van der Waals surface area contributed by atoms with E-state index in [0.717, 1.165) is 12.4 Å². The van der Waals surface area contributed by atoms with E-state index in [9.17, 15) is 18.0 Å². The first kappa shape index (κ1) is 21.4. The molecule has 0 radical (unpaired) electrons. The van der Waals surface area contributed by atoms with Crippen LogP contribution >= 0.6 is 12.4 Å². The summed E-state index contributed by atoms with van der Waals surface area (Å²) in [7, 11) is 0. The van der Waals surface area contributed by atoms with Crippen molar-refractivity contribution in [1.82, 2.24) is 14.9 Å². The summed E-state index contributed by atoms with van der Waals surface area (Å²) in [4.78, 5) is 20.4. The molecule has 1 fully saturated rings. The lowest BCUT2D eigenvalue weighted by Crippen LogP contribution is -2.50. The number of carbonyl (C=O) groups is 1. The van der Waals surface area contributed by atoms with Gasteiger partial charge in [-0.2, -0.15) is 13.2 Å². The molecule has 0 aromatic carbocycles. The van der Waals surface area contributed by atoms with Gasteiger partial charge in [-0.1, -0.05) is 13.8 Å². The molecule has 2 heterocycles. The molecule has 1 aliphatic rings. The molecular formula is C15H22ClF3N4O2. The van der Waals surface area contributed by atoms with Gasteiger partial charge in [0.1, 0.15) is 6.10 Å². The molecule has 1 amide bonds. The summed E-state index contributed by atoms with van der Waals surface area (Å²) in [5, 5.41) is 0. The molecule has 0 saturated carbocycles. The second kappa shape index (κ2) is 8.66. The van der Waals surface area contributed by atoms with Crippen LogP contribution in [0, 0.1) is 5.92 Å². The summed E-state index contributed by atoms with van der Waals surface area (Å²) in [6.45, 7) is 4.79. The maximum atomic E-state index is 12.4. The Bertz CT molecular complexity index is 561. The van der Waals surface area contributed by atoms with E-state index < -0.39 is 18.0 Å². The van der Waals surface area contributed by atoms with E-state index in [0.29, 0.717) is 25.9 Å². The summed E-state index contributed by atoms with van der Waals surface area (Å²) >= 11 is 0. The average Bonchev–Trinajstić information content (AvgIpc) is 2.54. The van der Waals surface area contributed by atoms with Gasteiger partial charge in [-0.3, -0.25) is 4.79 Å². The number of nitrogens with zero attached hydrogens (tertiary/aromatic N) is 3. The molecule has 25 heavy (non-hydrogen) atoms. The van der Waals surface area contributed by atoms with Gasteiger partial charge in [0, 0.05) is 25.9 Å². The number of aromatic nitrogens is 2. The van der Waals surface area contributed by atoms with Crippen LogP contribution in [-0.2, 0) is 11.0 Å². The molecule has 1 saturated heterocycles. The highest BCUT2D eigenvalue weighted by Crippen LogP contribution is 2.26. The molecule has 0 bridgehead atoms. The van der Waals surface area contributed by atoms with Crippen LogP contribution in [0.5, 0.6) is 5.75 Å². The Labute approximate surface area is 150 Å². The fourth-order valence-corrected chi connectivity index (χ4v) is 2.41. The number of carbonyl (C=O) groups excluding carboxylic acids is 1. The smallest absolute Gasteiger partial charge is 0.451 e. The van der Waals surface area contributed by atoms with Crippen LogP contribution in [0.3, 0.4) is 0 Å². The lowest BCUT2D eigenvalue weighted by atomic mass is 10.0. The zero-order chi connectivity index (χ0) is 17.9. The Morgan fingerprint density at radius 2 is 1.80 bits per heavy atom. The van der Waals surface area contributed by atoms with Crippen molar-refractivity contribution in [1.29, 1.82) is 0 Å². The van der Waals surface area contributed by atoms with Crippen LogP contribution in [-0.4, -0.2) is 46.0 Å². The largest absolute Gasteiger partial charge is 0.487 e. The summed E-state index contributed by atoms with van der Waals surface area (Å²) in [5.41, 5.74) is 5.87. The molecule has 1 aromatic heterocycles. The number of hydrogen-bond donors (Lipinski definition) is 1. The Hall–Kier alpha value is -1.61. The summed E-state index contributed by atoms with van der Waals surface area (Å²) < 4.78 is 42.8. The zero-order valence-electron chi connectivity index (χ0n) is 14.0. The number of alkyl halides is 3. The number of hydrogen-bond acceptors (Lipinski definition) is 5. The quantitative estimate of drug-likeness (QED) is 0.863. The fourth-order valence-electron chi connectivity index (χ4n) is 2.41. The van der Waals surface area contributed by atoms with Crippen LogP contribution in [0.15, 0.2) is 12.4 Å². The second-order valence-electron chi connectivity index (χ2n) is 6.15. The second-order valence-corrected chi connectivity index (χ2v) is 6.15. The third-order valence-electron chi connectivity index (χ3n) is 3.94. The maximum Gasteiger partial charge on any atom is 0.451 e. The van der Waals surface area contributed by atoms with Crippen molar-refractivity contribution in [2.45, 2.75) is 45.0 Å². The third-order valence-corrected chi connectivity index (χ3v) is 3.94. The van der Waals surface area contributed by atoms with E-state index in [4.69, 9.17) is 10.5 Å². The first-order chi connectivity index (χ1) is 11.2. The third kappa shape index (κ3) is 5.71. The molecule has 0 unspecified atom stereocenters. The minimum atomic E-state index is -4.57. The number of likely N-dealkylation sites (tertiary alicyclic amines) is 1. The van der Waals surface area contributed by atoms with Crippen molar-refractivity contribution in [2.75, 3.05) is 13.1 Å². The van der Waals surface area contributed by atoms with E-state index in [1.165, 1.54) is 0 Å². The standard InChI is InChI=1S/C15H21F3N4O2.ClH/c1-9(2)12(19)13(23)22-5-3-10(4-6-22)24-11-7-20-14(21-8-11)15(16,17)18;/h7-10,12H,3-6,19H2,1-2H3;1H/t12-;/m0./s1. The van der Waals surface area contributed by atoms with Gasteiger partial charge in [0.2, 0.25) is 11.7 Å². The highest BCUT2D eigenvalue weighted by molar-refractivity contribution is 5.85. The van der Waals surface area contributed by atoms with Crippen LogP contribution in [0.2, 0.25) is 0 Å². The van der Waals surface area contributed by atoms with Crippen molar-refractivity contribution in [3.8, 4) is 5.75 Å². The summed E-state index contributed by atoms with van der Waals surface area (Å²) in [5.74, 6) is -1.03. The number of nitrogens with two attached hydrogens (primary N) is 1. The monoisotopic (exact) mass is 382 g/mol. The minimum absolute atomic E-state index is 0. The van der Waals surface area contributed by atoms with Crippen LogP contribution in [0.25, 0.3) is 0 Å². The van der Waals surface area contributed by atoms with Gasteiger partial charge in [-0.25, -0.2) is 9.97 Å². The molecule has 1 aromatic rings. The highest BCUT2D eigenvalue weighted by Gasteiger charge is 2.34.